The van der Waals surface area contributed by atoms with E-state index in [9.17, 15) is 4.39 Å². The second-order valence-electron chi connectivity index (χ2n) is 2.26. The van der Waals surface area contributed by atoms with Crippen molar-refractivity contribution in [2.45, 2.75) is 26.5 Å². The van der Waals surface area contributed by atoms with Crippen LogP contribution >= 0.6 is 11.8 Å². The molecule has 0 fully saturated rings. The van der Waals surface area contributed by atoms with Gasteiger partial charge in [0.05, 0.1) is 0 Å². The summed E-state index contributed by atoms with van der Waals surface area (Å²) in [5.74, 6) is 1.93. The summed E-state index contributed by atoms with van der Waals surface area (Å²) < 4.78 is 12.4. The SMILES string of the molecule is CC.CCSCc1ccc(F)cc1. The third kappa shape index (κ3) is 5.69. The van der Waals surface area contributed by atoms with E-state index in [2.05, 4.69) is 6.92 Å². The topological polar surface area (TPSA) is 0 Å². The molecular formula is C11H17FS. The molecule has 1 rings (SSSR count). The molecule has 0 aliphatic heterocycles. The van der Waals surface area contributed by atoms with Gasteiger partial charge in [0.1, 0.15) is 5.82 Å². The van der Waals surface area contributed by atoms with Gasteiger partial charge in [-0.25, -0.2) is 4.39 Å². The highest BCUT2D eigenvalue weighted by Gasteiger charge is 1.91. The van der Waals surface area contributed by atoms with Gasteiger partial charge in [0, 0.05) is 5.75 Å². The zero-order valence-corrected chi connectivity index (χ0v) is 9.33. The Morgan fingerprint density at radius 1 is 1.15 bits per heavy atom. The van der Waals surface area contributed by atoms with Gasteiger partial charge in [0.25, 0.3) is 0 Å². The number of thioether (sulfide) groups is 1. The van der Waals surface area contributed by atoms with Crippen molar-refractivity contribution in [2.24, 2.45) is 0 Å². The van der Waals surface area contributed by atoms with Crippen LogP contribution in [-0.2, 0) is 5.75 Å². The van der Waals surface area contributed by atoms with Crippen molar-refractivity contribution in [1.82, 2.24) is 0 Å². The van der Waals surface area contributed by atoms with E-state index in [4.69, 9.17) is 0 Å². The molecule has 74 valence electrons. The van der Waals surface area contributed by atoms with Crippen LogP contribution in [0.15, 0.2) is 24.3 Å². The first kappa shape index (κ1) is 12.5. The summed E-state index contributed by atoms with van der Waals surface area (Å²) in [6.07, 6.45) is 0. The first-order valence-electron chi connectivity index (χ1n) is 4.65. The monoisotopic (exact) mass is 200 g/mol. The lowest BCUT2D eigenvalue weighted by Gasteiger charge is -1.97. The van der Waals surface area contributed by atoms with Gasteiger partial charge >= 0.3 is 0 Å². The summed E-state index contributed by atoms with van der Waals surface area (Å²) in [6.45, 7) is 6.12. The van der Waals surface area contributed by atoms with E-state index in [1.165, 1.54) is 17.7 Å². The van der Waals surface area contributed by atoms with Gasteiger partial charge in [0.15, 0.2) is 0 Å². The first-order chi connectivity index (χ1) is 6.33. The highest BCUT2D eigenvalue weighted by molar-refractivity contribution is 7.98. The zero-order chi connectivity index (χ0) is 10.1. The number of hydrogen-bond donors (Lipinski definition) is 0. The van der Waals surface area contributed by atoms with E-state index in [1.807, 2.05) is 37.7 Å². The van der Waals surface area contributed by atoms with Gasteiger partial charge in [-0.2, -0.15) is 11.8 Å². The van der Waals surface area contributed by atoms with Gasteiger partial charge in [-0.05, 0) is 23.4 Å². The smallest absolute Gasteiger partial charge is 0.123 e. The Morgan fingerprint density at radius 3 is 2.15 bits per heavy atom. The Balaban J connectivity index is 0.000000671. The van der Waals surface area contributed by atoms with Crippen molar-refractivity contribution < 1.29 is 4.39 Å². The van der Waals surface area contributed by atoms with Crippen molar-refractivity contribution in [2.75, 3.05) is 5.75 Å². The van der Waals surface area contributed by atoms with Gasteiger partial charge in [-0.15, -0.1) is 0 Å². The van der Waals surface area contributed by atoms with Crippen LogP contribution in [0.25, 0.3) is 0 Å². The van der Waals surface area contributed by atoms with Crippen molar-refractivity contribution in [3.05, 3.63) is 35.6 Å². The van der Waals surface area contributed by atoms with Crippen LogP contribution in [0.1, 0.15) is 26.3 Å². The molecular weight excluding hydrogens is 183 g/mol. The fourth-order valence-electron chi connectivity index (χ4n) is 0.801. The van der Waals surface area contributed by atoms with Gasteiger partial charge in [-0.1, -0.05) is 32.9 Å². The molecule has 0 N–H and O–H groups in total. The van der Waals surface area contributed by atoms with E-state index in [0.29, 0.717) is 0 Å². The maximum atomic E-state index is 12.4. The molecule has 0 heterocycles. The molecule has 1 aromatic carbocycles. The maximum Gasteiger partial charge on any atom is 0.123 e. The molecule has 0 bridgehead atoms. The van der Waals surface area contributed by atoms with Crippen molar-refractivity contribution >= 4 is 11.8 Å². The minimum Gasteiger partial charge on any atom is -0.207 e. The minimum atomic E-state index is -0.157. The van der Waals surface area contributed by atoms with Crippen LogP contribution in [0.4, 0.5) is 4.39 Å². The van der Waals surface area contributed by atoms with Crippen LogP contribution in [-0.4, -0.2) is 5.75 Å². The predicted octanol–water partition coefficient (Wildman–Crippen LogP) is 4.11. The molecule has 0 spiro atoms. The molecule has 13 heavy (non-hydrogen) atoms. The Labute approximate surface area is 84.6 Å². The lowest BCUT2D eigenvalue weighted by molar-refractivity contribution is 0.627. The van der Waals surface area contributed by atoms with Crippen LogP contribution in [0.3, 0.4) is 0 Å². The van der Waals surface area contributed by atoms with E-state index >= 15 is 0 Å². The van der Waals surface area contributed by atoms with E-state index in [-0.39, 0.29) is 5.82 Å². The lowest BCUT2D eigenvalue weighted by Crippen LogP contribution is -1.81. The second kappa shape index (κ2) is 8.11. The van der Waals surface area contributed by atoms with E-state index in [1.54, 1.807) is 0 Å². The van der Waals surface area contributed by atoms with Crippen molar-refractivity contribution in [3.8, 4) is 0 Å². The highest BCUT2D eigenvalue weighted by Crippen LogP contribution is 2.11. The van der Waals surface area contributed by atoms with Crippen molar-refractivity contribution in [1.29, 1.82) is 0 Å². The summed E-state index contributed by atoms with van der Waals surface area (Å²) in [5, 5.41) is 0. The number of benzene rings is 1. The number of halogens is 1. The second-order valence-corrected chi connectivity index (χ2v) is 3.54. The Hall–Kier alpha value is -0.500. The molecule has 0 aliphatic rings. The van der Waals surface area contributed by atoms with E-state index < -0.39 is 0 Å². The lowest BCUT2D eigenvalue weighted by atomic mass is 10.2. The average Bonchev–Trinajstić information content (AvgIpc) is 2.20. The van der Waals surface area contributed by atoms with Crippen LogP contribution < -0.4 is 0 Å². The molecule has 1 aromatic rings. The molecule has 0 saturated carbocycles. The summed E-state index contributed by atoms with van der Waals surface area (Å²) in [5.41, 5.74) is 1.19. The molecule has 0 nitrogen and oxygen atoms in total. The van der Waals surface area contributed by atoms with E-state index in [0.717, 1.165) is 11.5 Å². The van der Waals surface area contributed by atoms with Crippen LogP contribution in [0, 0.1) is 5.82 Å². The van der Waals surface area contributed by atoms with Gasteiger partial charge < -0.3 is 0 Å². The highest BCUT2D eigenvalue weighted by atomic mass is 32.2. The summed E-state index contributed by atoms with van der Waals surface area (Å²) in [6, 6.07) is 6.67. The summed E-state index contributed by atoms with van der Waals surface area (Å²) >= 11 is 1.84. The van der Waals surface area contributed by atoms with Crippen molar-refractivity contribution in [3.63, 3.8) is 0 Å². The molecule has 0 aromatic heterocycles. The summed E-state index contributed by atoms with van der Waals surface area (Å²) in [7, 11) is 0. The molecule has 0 atom stereocenters. The van der Waals surface area contributed by atoms with Gasteiger partial charge in [0.2, 0.25) is 0 Å². The largest absolute Gasteiger partial charge is 0.207 e. The predicted molar refractivity (Wildman–Crippen MR) is 59.6 cm³/mol. The molecule has 0 radical (unpaired) electrons. The fourth-order valence-corrected chi connectivity index (χ4v) is 1.43. The van der Waals surface area contributed by atoms with Gasteiger partial charge in [-0.3, -0.25) is 0 Å². The summed E-state index contributed by atoms with van der Waals surface area (Å²) in [4.78, 5) is 0. The quantitative estimate of drug-likeness (QED) is 0.707. The standard InChI is InChI=1S/C9H11FS.C2H6/c1-2-11-7-8-3-5-9(10)6-4-8;1-2/h3-6H,2,7H2,1H3;1-2H3. The molecule has 0 saturated heterocycles. The zero-order valence-electron chi connectivity index (χ0n) is 8.51. The number of rotatable bonds is 3. The third-order valence-corrected chi connectivity index (χ3v) is 2.33. The first-order valence-corrected chi connectivity index (χ1v) is 5.80. The van der Waals surface area contributed by atoms with Crippen LogP contribution in [0.2, 0.25) is 0 Å². The fraction of sp³-hybridized carbons (Fsp3) is 0.455. The Bertz CT molecular complexity index is 206. The molecule has 0 amide bonds. The minimum absolute atomic E-state index is 0.157. The average molecular weight is 200 g/mol. The Kier molecular flexibility index (Phi) is 7.80. The molecule has 0 aliphatic carbocycles. The maximum absolute atomic E-state index is 12.4. The molecule has 2 heteroatoms. The molecule has 0 unspecified atom stereocenters. The third-order valence-electron chi connectivity index (χ3n) is 1.39. The number of hydrogen-bond acceptors (Lipinski definition) is 1. The van der Waals surface area contributed by atoms with Crippen LogP contribution in [0.5, 0.6) is 0 Å². The normalized spacial score (nSPS) is 8.92. The Morgan fingerprint density at radius 2 is 1.69 bits per heavy atom.